The number of aromatic nitrogens is 4. The number of pyridine rings is 1. The Morgan fingerprint density at radius 2 is 1.85 bits per heavy atom. The molecular formula is C27H27N5O. The molecule has 166 valence electrons. The van der Waals surface area contributed by atoms with E-state index in [9.17, 15) is 4.79 Å². The van der Waals surface area contributed by atoms with Crippen LogP contribution in [0.25, 0.3) is 21.8 Å². The summed E-state index contributed by atoms with van der Waals surface area (Å²) in [5.41, 5.74) is 6.53. The van der Waals surface area contributed by atoms with Crippen molar-refractivity contribution >= 4 is 21.8 Å². The van der Waals surface area contributed by atoms with Gasteiger partial charge in [0.15, 0.2) is 0 Å². The Kier molecular flexibility index (Phi) is 4.69. The van der Waals surface area contributed by atoms with Crippen molar-refractivity contribution in [3.05, 3.63) is 99.7 Å². The molecule has 1 aliphatic rings. The quantitative estimate of drug-likeness (QED) is 0.419. The molecule has 1 aliphatic heterocycles. The van der Waals surface area contributed by atoms with Crippen LogP contribution >= 0.6 is 0 Å². The van der Waals surface area contributed by atoms with E-state index in [1.807, 2.05) is 41.2 Å². The molecule has 6 rings (SSSR count). The molecule has 2 N–H and O–H groups in total. The molecule has 1 atom stereocenters. The molecule has 0 amide bonds. The minimum Gasteiger partial charge on any atom is -0.357 e. The number of hydrogen-bond acceptors (Lipinski definition) is 3. The average Bonchev–Trinajstić information content (AvgIpc) is 3.44. The summed E-state index contributed by atoms with van der Waals surface area (Å²) in [6.45, 7) is 5.72. The number of aromatic amines is 2. The van der Waals surface area contributed by atoms with Crippen LogP contribution in [-0.4, -0.2) is 31.2 Å². The van der Waals surface area contributed by atoms with Crippen molar-refractivity contribution in [3.63, 3.8) is 0 Å². The highest BCUT2D eigenvalue weighted by Crippen LogP contribution is 2.39. The van der Waals surface area contributed by atoms with Crippen LogP contribution in [0.1, 0.15) is 48.3 Å². The fraction of sp³-hybridized carbons (Fsp3) is 0.259. The smallest absolute Gasteiger partial charge is 0.252 e. The van der Waals surface area contributed by atoms with Gasteiger partial charge in [-0.1, -0.05) is 36.4 Å². The maximum absolute atomic E-state index is 12.9. The largest absolute Gasteiger partial charge is 0.357 e. The average molecular weight is 438 g/mol. The van der Waals surface area contributed by atoms with Gasteiger partial charge in [-0.05, 0) is 49.4 Å². The third-order valence-corrected chi connectivity index (χ3v) is 6.80. The van der Waals surface area contributed by atoms with Gasteiger partial charge in [-0.25, -0.2) is 0 Å². The topological polar surface area (TPSA) is 69.7 Å². The number of hydrogen-bond donors (Lipinski definition) is 2. The van der Waals surface area contributed by atoms with Gasteiger partial charge in [0.05, 0.1) is 12.2 Å². The number of para-hydroxylation sites is 2. The van der Waals surface area contributed by atoms with Crippen molar-refractivity contribution in [2.24, 2.45) is 0 Å². The fourth-order valence-electron chi connectivity index (χ4n) is 5.14. The highest BCUT2D eigenvalue weighted by Gasteiger charge is 2.33. The number of benzene rings is 2. The Labute approximate surface area is 191 Å². The van der Waals surface area contributed by atoms with E-state index in [1.165, 1.54) is 16.6 Å². The zero-order chi connectivity index (χ0) is 22.5. The van der Waals surface area contributed by atoms with Gasteiger partial charge in [0.1, 0.15) is 0 Å². The van der Waals surface area contributed by atoms with Gasteiger partial charge in [0.2, 0.25) is 0 Å². The number of nitrogens with zero attached hydrogens (tertiary/aromatic N) is 3. The van der Waals surface area contributed by atoms with Crippen LogP contribution in [0.2, 0.25) is 0 Å². The minimum absolute atomic E-state index is 0.0134. The Morgan fingerprint density at radius 1 is 1.06 bits per heavy atom. The van der Waals surface area contributed by atoms with Gasteiger partial charge in [0, 0.05) is 58.6 Å². The first-order chi connectivity index (χ1) is 16.1. The second kappa shape index (κ2) is 7.74. The summed E-state index contributed by atoms with van der Waals surface area (Å²) >= 11 is 0. The zero-order valence-electron chi connectivity index (χ0n) is 18.9. The van der Waals surface area contributed by atoms with Gasteiger partial charge >= 0.3 is 0 Å². The predicted octanol–water partition coefficient (Wildman–Crippen LogP) is 4.93. The van der Waals surface area contributed by atoms with E-state index in [1.54, 1.807) is 0 Å². The summed E-state index contributed by atoms with van der Waals surface area (Å²) in [7, 11) is 0. The number of fused-ring (bicyclic) bond motifs is 4. The van der Waals surface area contributed by atoms with Gasteiger partial charge in [0.25, 0.3) is 5.56 Å². The maximum atomic E-state index is 12.9. The van der Waals surface area contributed by atoms with E-state index >= 15 is 0 Å². The number of H-pyrrole nitrogens is 2. The molecule has 4 heterocycles. The van der Waals surface area contributed by atoms with Crippen molar-refractivity contribution in [1.82, 2.24) is 24.6 Å². The van der Waals surface area contributed by atoms with Gasteiger partial charge in [-0.15, -0.1) is 0 Å². The van der Waals surface area contributed by atoms with E-state index < -0.39 is 0 Å². The summed E-state index contributed by atoms with van der Waals surface area (Å²) in [5, 5.41) is 6.97. The molecule has 6 heteroatoms. The second-order valence-corrected chi connectivity index (χ2v) is 9.24. The molecule has 0 aliphatic carbocycles. The van der Waals surface area contributed by atoms with Gasteiger partial charge in [-0.3, -0.25) is 14.4 Å². The lowest BCUT2D eigenvalue weighted by Gasteiger charge is -2.35. The molecule has 6 nitrogen and oxygen atoms in total. The third-order valence-electron chi connectivity index (χ3n) is 6.80. The molecule has 5 aromatic rings. The van der Waals surface area contributed by atoms with Crippen molar-refractivity contribution in [2.45, 2.75) is 38.9 Å². The lowest BCUT2D eigenvalue weighted by Crippen LogP contribution is -2.37. The molecule has 3 aromatic heterocycles. The molecule has 0 radical (unpaired) electrons. The van der Waals surface area contributed by atoms with Crippen LogP contribution in [0.15, 0.2) is 71.8 Å². The first-order valence-electron chi connectivity index (χ1n) is 11.6. The Bertz CT molecular complexity index is 1520. The molecule has 0 saturated heterocycles. The van der Waals surface area contributed by atoms with Crippen LogP contribution in [0.3, 0.4) is 0 Å². The lowest BCUT2D eigenvalue weighted by molar-refractivity contribution is 0.201. The summed E-state index contributed by atoms with van der Waals surface area (Å²) in [6.07, 6.45) is 5.07. The molecule has 0 fully saturated rings. The maximum Gasteiger partial charge on any atom is 0.252 e. The van der Waals surface area contributed by atoms with Crippen LogP contribution in [0.4, 0.5) is 0 Å². The fourth-order valence-corrected chi connectivity index (χ4v) is 5.14. The third kappa shape index (κ3) is 3.38. The van der Waals surface area contributed by atoms with E-state index in [-0.39, 0.29) is 11.6 Å². The van der Waals surface area contributed by atoms with E-state index in [4.69, 9.17) is 0 Å². The molecule has 0 spiro atoms. The van der Waals surface area contributed by atoms with Crippen LogP contribution < -0.4 is 5.56 Å². The SMILES string of the molecule is CC(C)n1cc(C2c3[nH]c4ccccc4c3CCN2Cc2cc3ccccc3[nH]c2=O)cn1. The molecule has 2 aromatic carbocycles. The monoisotopic (exact) mass is 437 g/mol. The molecule has 0 saturated carbocycles. The summed E-state index contributed by atoms with van der Waals surface area (Å²) in [4.78, 5) is 22.1. The van der Waals surface area contributed by atoms with Crippen molar-refractivity contribution < 1.29 is 0 Å². The lowest BCUT2D eigenvalue weighted by atomic mass is 9.93. The Morgan fingerprint density at radius 3 is 2.67 bits per heavy atom. The van der Waals surface area contributed by atoms with Crippen molar-refractivity contribution in [3.8, 4) is 0 Å². The first kappa shape index (κ1) is 20.0. The summed E-state index contributed by atoms with van der Waals surface area (Å²) in [6, 6.07) is 18.8. The highest BCUT2D eigenvalue weighted by molar-refractivity contribution is 5.85. The van der Waals surface area contributed by atoms with E-state index in [2.05, 4.69) is 64.3 Å². The summed E-state index contributed by atoms with van der Waals surface area (Å²) < 4.78 is 2.01. The second-order valence-electron chi connectivity index (χ2n) is 9.24. The van der Waals surface area contributed by atoms with Crippen molar-refractivity contribution in [1.29, 1.82) is 0 Å². The molecular weight excluding hydrogens is 410 g/mol. The number of rotatable bonds is 4. The normalized spacial score (nSPS) is 16.6. The highest BCUT2D eigenvalue weighted by atomic mass is 16.1. The molecule has 0 bridgehead atoms. The van der Waals surface area contributed by atoms with Crippen LogP contribution in [-0.2, 0) is 13.0 Å². The Hall–Kier alpha value is -3.64. The van der Waals surface area contributed by atoms with Gasteiger partial charge < -0.3 is 9.97 Å². The van der Waals surface area contributed by atoms with E-state index in [0.717, 1.165) is 40.5 Å². The van der Waals surface area contributed by atoms with E-state index in [0.29, 0.717) is 12.6 Å². The molecule has 33 heavy (non-hydrogen) atoms. The van der Waals surface area contributed by atoms with Gasteiger partial charge in [-0.2, -0.15) is 5.10 Å². The number of nitrogens with one attached hydrogen (secondary N) is 2. The minimum atomic E-state index is -0.0206. The van der Waals surface area contributed by atoms with Crippen molar-refractivity contribution in [2.75, 3.05) is 6.54 Å². The zero-order valence-corrected chi connectivity index (χ0v) is 18.9. The molecule has 1 unspecified atom stereocenters. The van der Waals surface area contributed by atoms with Crippen LogP contribution in [0.5, 0.6) is 0 Å². The van der Waals surface area contributed by atoms with Crippen LogP contribution in [0, 0.1) is 0 Å². The standard InChI is InChI=1S/C27H27N5O/c1-17(2)32-16-20(14-28-32)26-25-22(21-8-4-6-10-24(21)29-25)11-12-31(26)15-19-13-18-7-3-5-9-23(18)30-27(19)33/h3-10,13-14,16-17,26,29H,11-12,15H2,1-2H3,(H,30,33). The predicted molar refractivity (Wildman–Crippen MR) is 131 cm³/mol. The summed E-state index contributed by atoms with van der Waals surface area (Å²) in [5.74, 6) is 0. The Balaban J connectivity index is 1.46. The first-order valence-corrected chi connectivity index (χ1v) is 11.6.